The first kappa shape index (κ1) is 14.7. The Morgan fingerprint density at radius 3 is 2.44 bits per heavy atom. The van der Waals surface area contributed by atoms with Gasteiger partial charge in [0.05, 0.1) is 5.56 Å². The molecule has 0 aromatic heterocycles. The van der Waals surface area contributed by atoms with Crippen LogP contribution in [-0.2, 0) is 10.0 Å². The minimum atomic E-state index is -3.62. The third-order valence-electron chi connectivity index (χ3n) is 2.94. The number of nitrogens with one attached hydrogen (secondary N) is 1. The van der Waals surface area contributed by atoms with Crippen LogP contribution in [0, 0.1) is 18.3 Å². The molecule has 0 aliphatic carbocycles. The molecule has 4 nitrogen and oxygen atoms in total. The smallest absolute Gasteiger partial charge is 0.208 e. The molecular weight excluding hydrogens is 248 g/mol. The first-order valence-corrected chi connectivity index (χ1v) is 7.46. The third-order valence-corrected chi connectivity index (χ3v) is 4.51. The standard InChI is InChI=1S/C13H18N2O2S/c1-4-11(5-2)15-18(16,17)13-8-6-7-10(3)12(13)9-14/h6-8,11,15H,4-5H2,1-3H3. The van der Waals surface area contributed by atoms with E-state index in [-0.39, 0.29) is 16.5 Å². The highest BCUT2D eigenvalue weighted by Gasteiger charge is 2.22. The number of rotatable bonds is 5. The predicted molar refractivity (Wildman–Crippen MR) is 70.6 cm³/mol. The third kappa shape index (κ3) is 3.09. The van der Waals surface area contributed by atoms with Crippen LogP contribution in [0.15, 0.2) is 23.1 Å². The average molecular weight is 266 g/mol. The van der Waals surface area contributed by atoms with Crippen molar-refractivity contribution in [2.75, 3.05) is 0 Å². The van der Waals surface area contributed by atoms with E-state index in [1.165, 1.54) is 6.07 Å². The van der Waals surface area contributed by atoms with Gasteiger partial charge in [-0.1, -0.05) is 26.0 Å². The highest BCUT2D eigenvalue weighted by Crippen LogP contribution is 2.19. The summed E-state index contributed by atoms with van der Waals surface area (Å²) in [7, 11) is -3.62. The molecule has 1 N–H and O–H groups in total. The van der Waals surface area contributed by atoms with Gasteiger partial charge in [-0.15, -0.1) is 0 Å². The second kappa shape index (κ2) is 5.98. The molecule has 0 aliphatic heterocycles. The number of nitrogens with zero attached hydrogens (tertiary/aromatic N) is 1. The van der Waals surface area contributed by atoms with Crippen LogP contribution in [0.3, 0.4) is 0 Å². The Bertz CT molecular complexity index is 555. The number of aryl methyl sites for hydroxylation is 1. The fourth-order valence-corrected chi connectivity index (χ4v) is 3.38. The fourth-order valence-electron chi connectivity index (χ4n) is 1.75. The largest absolute Gasteiger partial charge is 0.242 e. The second-order valence-electron chi connectivity index (χ2n) is 4.19. The summed E-state index contributed by atoms with van der Waals surface area (Å²) in [6.07, 6.45) is 1.45. The molecule has 5 heteroatoms. The van der Waals surface area contributed by atoms with E-state index in [4.69, 9.17) is 5.26 Å². The van der Waals surface area contributed by atoms with E-state index in [1.54, 1.807) is 19.1 Å². The van der Waals surface area contributed by atoms with Gasteiger partial charge >= 0.3 is 0 Å². The molecule has 0 unspecified atom stereocenters. The molecule has 0 aliphatic rings. The van der Waals surface area contributed by atoms with Crippen LogP contribution < -0.4 is 4.72 Å². The summed E-state index contributed by atoms with van der Waals surface area (Å²) in [6.45, 7) is 5.59. The Hall–Kier alpha value is -1.38. The van der Waals surface area contributed by atoms with Gasteiger partial charge < -0.3 is 0 Å². The van der Waals surface area contributed by atoms with Crippen LogP contribution in [0.2, 0.25) is 0 Å². The lowest BCUT2D eigenvalue weighted by Crippen LogP contribution is -2.34. The molecule has 0 saturated heterocycles. The zero-order chi connectivity index (χ0) is 13.8. The van der Waals surface area contributed by atoms with Gasteiger partial charge in [0.15, 0.2) is 0 Å². The van der Waals surface area contributed by atoms with E-state index in [9.17, 15) is 8.42 Å². The molecule has 0 fully saturated rings. The van der Waals surface area contributed by atoms with Gasteiger partial charge in [-0.25, -0.2) is 13.1 Å². The number of hydrogen-bond acceptors (Lipinski definition) is 3. The maximum Gasteiger partial charge on any atom is 0.242 e. The molecule has 18 heavy (non-hydrogen) atoms. The average Bonchev–Trinajstić information content (AvgIpc) is 2.35. The maximum absolute atomic E-state index is 12.2. The molecule has 0 atom stereocenters. The van der Waals surface area contributed by atoms with E-state index in [0.29, 0.717) is 5.56 Å². The summed E-state index contributed by atoms with van der Waals surface area (Å²) < 4.78 is 27.1. The van der Waals surface area contributed by atoms with Gasteiger partial charge in [0, 0.05) is 6.04 Å². The van der Waals surface area contributed by atoms with Crippen molar-refractivity contribution >= 4 is 10.0 Å². The van der Waals surface area contributed by atoms with Crippen molar-refractivity contribution < 1.29 is 8.42 Å². The zero-order valence-corrected chi connectivity index (χ0v) is 11.7. The topological polar surface area (TPSA) is 70.0 Å². The van der Waals surface area contributed by atoms with Crippen molar-refractivity contribution in [1.29, 1.82) is 5.26 Å². The molecule has 0 spiro atoms. The van der Waals surface area contributed by atoms with Crippen molar-refractivity contribution in [3.63, 3.8) is 0 Å². The Balaban J connectivity index is 3.22. The summed E-state index contributed by atoms with van der Waals surface area (Å²) in [5, 5.41) is 9.07. The Labute approximate surface area is 109 Å². The Kier molecular flexibility index (Phi) is 4.88. The van der Waals surface area contributed by atoms with Gasteiger partial charge in [0.1, 0.15) is 11.0 Å². The summed E-state index contributed by atoms with van der Waals surface area (Å²) in [6, 6.07) is 6.71. The van der Waals surface area contributed by atoms with Crippen LogP contribution >= 0.6 is 0 Å². The minimum Gasteiger partial charge on any atom is -0.208 e. The molecule has 0 saturated carbocycles. The quantitative estimate of drug-likeness (QED) is 0.889. The molecule has 98 valence electrons. The highest BCUT2D eigenvalue weighted by atomic mass is 32.2. The molecule has 1 aromatic carbocycles. The zero-order valence-electron chi connectivity index (χ0n) is 10.9. The highest BCUT2D eigenvalue weighted by molar-refractivity contribution is 7.89. The lowest BCUT2D eigenvalue weighted by Gasteiger charge is -2.16. The van der Waals surface area contributed by atoms with Crippen LogP contribution in [0.5, 0.6) is 0 Å². The molecule has 1 aromatic rings. The summed E-state index contributed by atoms with van der Waals surface area (Å²) >= 11 is 0. The van der Waals surface area contributed by atoms with Gasteiger partial charge in [0.2, 0.25) is 10.0 Å². The van der Waals surface area contributed by atoms with Gasteiger partial charge in [-0.2, -0.15) is 5.26 Å². The van der Waals surface area contributed by atoms with Gasteiger partial charge in [-0.3, -0.25) is 0 Å². The first-order chi connectivity index (χ1) is 8.46. The second-order valence-corrected chi connectivity index (χ2v) is 5.88. The van der Waals surface area contributed by atoms with E-state index < -0.39 is 10.0 Å². The van der Waals surface area contributed by atoms with Crippen LogP contribution in [0.25, 0.3) is 0 Å². The molecule has 0 amide bonds. The lowest BCUT2D eigenvalue weighted by molar-refractivity contribution is 0.530. The predicted octanol–water partition coefficient (Wildman–Crippen LogP) is 2.33. The van der Waals surface area contributed by atoms with E-state index in [1.807, 2.05) is 19.9 Å². The number of sulfonamides is 1. The monoisotopic (exact) mass is 266 g/mol. The van der Waals surface area contributed by atoms with Crippen molar-refractivity contribution in [1.82, 2.24) is 4.72 Å². The number of nitriles is 1. The van der Waals surface area contributed by atoms with Crippen molar-refractivity contribution in [2.24, 2.45) is 0 Å². The van der Waals surface area contributed by atoms with Crippen molar-refractivity contribution in [2.45, 2.75) is 44.6 Å². The number of hydrogen-bond donors (Lipinski definition) is 1. The van der Waals surface area contributed by atoms with E-state index in [2.05, 4.69) is 4.72 Å². The molecule has 0 radical (unpaired) electrons. The lowest BCUT2D eigenvalue weighted by atomic mass is 10.1. The molecule has 1 rings (SSSR count). The normalized spacial score (nSPS) is 11.5. The van der Waals surface area contributed by atoms with Crippen molar-refractivity contribution in [3.8, 4) is 6.07 Å². The fraction of sp³-hybridized carbons (Fsp3) is 0.462. The Morgan fingerprint density at radius 2 is 1.94 bits per heavy atom. The van der Waals surface area contributed by atoms with Crippen LogP contribution in [-0.4, -0.2) is 14.5 Å². The van der Waals surface area contributed by atoms with Gasteiger partial charge in [-0.05, 0) is 31.4 Å². The number of benzene rings is 1. The van der Waals surface area contributed by atoms with Crippen LogP contribution in [0.1, 0.15) is 37.8 Å². The summed E-state index contributed by atoms with van der Waals surface area (Å²) in [5.41, 5.74) is 0.890. The van der Waals surface area contributed by atoms with E-state index >= 15 is 0 Å². The van der Waals surface area contributed by atoms with Crippen LogP contribution in [0.4, 0.5) is 0 Å². The minimum absolute atomic E-state index is 0.0666. The molecule has 0 heterocycles. The molecular formula is C13H18N2O2S. The van der Waals surface area contributed by atoms with Crippen molar-refractivity contribution in [3.05, 3.63) is 29.3 Å². The Morgan fingerprint density at radius 1 is 1.33 bits per heavy atom. The van der Waals surface area contributed by atoms with Gasteiger partial charge in [0.25, 0.3) is 0 Å². The summed E-state index contributed by atoms with van der Waals surface area (Å²) in [4.78, 5) is 0.0666. The summed E-state index contributed by atoms with van der Waals surface area (Å²) in [5.74, 6) is 0. The van der Waals surface area contributed by atoms with E-state index in [0.717, 1.165) is 12.8 Å². The molecule has 0 bridgehead atoms. The SMILES string of the molecule is CCC(CC)NS(=O)(=O)c1cccc(C)c1C#N. The maximum atomic E-state index is 12.2. The first-order valence-electron chi connectivity index (χ1n) is 5.98.